The highest BCUT2D eigenvalue weighted by atomic mass is 32.1. The molecule has 0 fully saturated rings. The van der Waals surface area contributed by atoms with Crippen molar-refractivity contribution >= 4 is 39.4 Å². The highest BCUT2D eigenvalue weighted by molar-refractivity contribution is 7.15. The molecule has 0 radical (unpaired) electrons. The molecule has 132 valence electrons. The number of hydrogen-bond acceptors (Lipinski definition) is 6. The number of nitrogens with zero attached hydrogens (tertiary/aromatic N) is 3. The zero-order valence-electron chi connectivity index (χ0n) is 14.1. The molecule has 0 atom stereocenters. The highest BCUT2D eigenvalue weighted by Gasteiger charge is 2.26. The molecular formula is C18H16N4O3S. The molecule has 2 amide bonds. The van der Waals surface area contributed by atoms with Crippen molar-refractivity contribution in [1.82, 2.24) is 14.9 Å². The van der Waals surface area contributed by atoms with E-state index in [-0.39, 0.29) is 5.91 Å². The number of carbonyl (C=O) groups is 2. The number of pyridine rings is 1. The number of ether oxygens (including phenoxy) is 1. The number of methoxy groups -OCH3 is 1. The molecule has 0 aliphatic carbocycles. The molecule has 7 nitrogen and oxygen atoms in total. The highest BCUT2D eigenvalue weighted by Crippen LogP contribution is 2.29. The average Bonchev–Trinajstić information content (AvgIpc) is 3.08. The number of thiazole rings is 1. The number of hydrogen-bond donors (Lipinski definition) is 1. The summed E-state index contributed by atoms with van der Waals surface area (Å²) in [6.45, 7) is 1.03. The minimum Gasteiger partial charge on any atom is -0.453 e. The Balaban J connectivity index is 1.53. The van der Waals surface area contributed by atoms with Crippen LogP contribution < -0.4 is 5.32 Å². The summed E-state index contributed by atoms with van der Waals surface area (Å²) in [4.78, 5) is 35.8. The molecule has 0 bridgehead atoms. The largest absolute Gasteiger partial charge is 0.453 e. The van der Waals surface area contributed by atoms with Crippen LogP contribution >= 0.6 is 11.3 Å². The maximum Gasteiger partial charge on any atom is 0.413 e. The van der Waals surface area contributed by atoms with Crippen molar-refractivity contribution in [3.63, 3.8) is 0 Å². The van der Waals surface area contributed by atoms with E-state index < -0.39 is 6.09 Å². The van der Waals surface area contributed by atoms with Gasteiger partial charge in [0.2, 0.25) is 0 Å². The number of amides is 2. The smallest absolute Gasteiger partial charge is 0.413 e. The Hall–Kier alpha value is -3.00. The quantitative estimate of drug-likeness (QED) is 0.751. The second-order valence-electron chi connectivity index (χ2n) is 5.87. The predicted octanol–water partition coefficient (Wildman–Crippen LogP) is 3.07. The number of rotatable bonds is 2. The van der Waals surface area contributed by atoms with Crippen molar-refractivity contribution in [1.29, 1.82) is 0 Å². The summed E-state index contributed by atoms with van der Waals surface area (Å²) in [7, 11) is 1.31. The molecule has 2 aromatic heterocycles. The summed E-state index contributed by atoms with van der Waals surface area (Å²) >= 11 is 1.36. The van der Waals surface area contributed by atoms with E-state index in [4.69, 9.17) is 0 Å². The fourth-order valence-electron chi connectivity index (χ4n) is 2.91. The zero-order valence-corrected chi connectivity index (χ0v) is 14.9. The molecule has 4 rings (SSSR count). The minimum absolute atomic E-state index is 0.0997. The van der Waals surface area contributed by atoms with E-state index in [0.29, 0.717) is 30.3 Å². The van der Waals surface area contributed by atoms with Crippen LogP contribution in [-0.4, -0.2) is 40.5 Å². The van der Waals surface area contributed by atoms with Crippen molar-refractivity contribution < 1.29 is 14.3 Å². The lowest BCUT2D eigenvalue weighted by molar-refractivity contribution is 0.0730. The van der Waals surface area contributed by atoms with E-state index in [0.717, 1.165) is 21.5 Å². The van der Waals surface area contributed by atoms with Gasteiger partial charge in [0, 0.05) is 23.2 Å². The third-order valence-electron chi connectivity index (χ3n) is 4.23. The Morgan fingerprint density at radius 3 is 2.88 bits per heavy atom. The predicted molar refractivity (Wildman–Crippen MR) is 98.3 cm³/mol. The van der Waals surface area contributed by atoms with Crippen LogP contribution in [0.2, 0.25) is 0 Å². The number of anilines is 1. The van der Waals surface area contributed by atoms with E-state index in [1.165, 1.54) is 18.4 Å². The molecule has 0 unspecified atom stereocenters. The van der Waals surface area contributed by atoms with Crippen molar-refractivity contribution in [2.24, 2.45) is 0 Å². The molecule has 0 saturated heterocycles. The molecule has 3 aromatic rings. The maximum atomic E-state index is 12.8. The van der Waals surface area contributed by atoms with E-state index in [9.17, 15) is 9.59 Å². The summed E-state index contributed by atoms with van der Waals surface area (Å²) in [5, 5.41) is 4.07. The Morgan fingerprint density at radius 2 is 2.04 bits per heavy atom. The maximum absolute atomic E-state index is 12.8. The molecule has 8 heteroatoms. The number of benzene rings is 1. The molecule has 3 heterocycles. The summed E-state index contributed by atoms with van der Waals surface area (Å²) < 4.78 is 4.58. The van der Waals surface area contributed by atoms with Gasteiger partial charge in [-0.3, -0.25) is 10.1 Å². The lowest BCUT2D eigenvalue weighted by atomic mass is 10.1. The third-order valence-corrected chi connectivity index (χ3v) is 5.23. The van der Waals surface area contributed by atoms with Crippen molar-refractivity contribution in [2.45, 2.75) is 13.0 Å². The van der Waals surface area contributed by atoms with Gasteiger partial charge < -0.3 is 9.64 Å². The fourth-order valence-corrected chi connectivity index (χ4v) is 3.92. The Kier molecular flexibility index (Phi) is 4.26. The monoisotopic (exact) mass is 368 g/mol. The van der Waals surface area contributed by atoms with Crippen LogP contribution in [0.3, 0.4) is 0 Å². The van der Waals surface area contributed by atoms with Gasteiger partial charge in [0.05, 0.1) is 24.9 Å². The molecule has 1 aromatic carbocycles. The van der Waals surface area contributed by atoms with E-state index in [2.05, 4.69) is 20.0 Å². The van der Waals surface area contributed by atoms with Crippen LogP contribution in [-0.2, 0) is 17.7 Å². The summed E-state index contributed by atoms with van der Waals surface area (Å²) in [6.07, 6.45) is 0.0953. The lowest BCUT2D eigenvalue weighted by Crippen LogP contribution is -2.35. The normalized spacial score (nSPS) is 13.3. The van der Waals surface area contributed by atoms with Gasteiger partial charge in [0.25, 0.3) is 5.91 Å². The van der Waals surface area contributed by atoms with Crippen LogP contribution in [0.25, 0.3) is 10.9 Å². The van der Waals surface area contributed by atoms with Crippen LogP contribution in [0.15, 0.2) is 36.4 Å². The van der Waals surface area contributed by atoms with Crippen LogP contribution in [0.1, 0.15) is 21.1 Å². The number of nitrogens with one attached hydrogen (secondary N) is 1. The van der Waals surface area contributed by atoms with E-state index in [1.807, 2.05) is 30.3 Å². The number of aromatic nitrogens is 2. The van der Waals surface area contributed by atoms with Crippen LogP contribution in [0, 0.1) is 0 Å². The molecule has 1 N–H and O–H groups in total. The first-order chi connectivity index (χ1) is 12.6. The summed E-state index contributed by atoms with van der Waals surface area (Å²) in [5.41, 5.74) is 2.15. The molecule has 0 spiro atoms. The van der Waals surface area contributed by atoms with Crippen LogP contribution in [0.5, 0.6) is 0 Å². The van der Waals surface area contributed by atoms with Crippen molar-refractivity contribution in [2.75, 3.05) is 19.0 Å². The molecule has 26 heavy (non-hydrogen) atoms. The second-order valence-corrected chi connectivity index (χ2v) is 6.95. The average molecular weight is 368 g/mol. The molecule has 1 aliphatic rings. The van der Waals surface area contributed by atoms with Crippen LogP contribution in [0.4, 0.5) is 9.93 Å². The number of para-hydroxylation sites is 1. The third kappa shape index (κ3) is 3.11. The SMILES string of the molecule is COC(=O)Nc1nc2c(s1)CN(C(=O)c1ccc3ccccc3n1)CC2. The van der Waals surface area contributed by atoms with Gasteiger partial charge in [-0.25, -0.2) is 14.8 Å². The van der Waals surface area contributed by atoms with Crippen molar-refractivity contribution in [3.05, 3.63) is 52.7 Å². The molecule has 0 saturated carbocycles. The van der Waals surface area contributed by atoms with Crippen molar-refractivity contribution in [3.8, 4) is 0 Å². The Bertz CT molecular complexity index is 1000. The Morgan fingerprint density at radius 1 is 1.19 bits per heavy atom. The standard InChI is InChI=1S/C18H16N4O3S/c1-25-18(24)21-17-20-13-8-9-22(10-15(13)26-17)16(23)14-7-6-11-4-2-3-5-12(11)19-14/h2-7H,8-10H2,1H3,(H,20,21,24). The van der Waals surface area contributed by atoms with Gasteiger partial charge in [-0.2, -0.15) is 0 Å². The van der Waals surface area contributed by atoms with Gasteiger partial charge >= 0.3 is 6.09 Å². The first-order valence-electron chi connectivity index (χ1n) is 8.12. The van der Waals surface area contributed by atoms with Gasteiger partial charge in [-0.15, -0.1) is 0 Å². The van der Waals surface area contributed by atoms with Gasteiger partial charge in [-0.1, -0.05) is 35.6 Å². The topological polar surface area (TPSA) is 84.4 Å². The van der Waals surface area contributed by atoms with Gasteiger partial charge in [0.15, 0.2) is 5.13 Å². The second kappa shape index (κ2) is 6.72. The zero-order chi connectivity index (χ0) is 18.1. The molecular weight excluding hydrogens is 352 g/mol. The van der Waals surface area contributed by atoms with E-state index >= 15 is 0 Å². The minimum atomic E-state index is -0.551. The lowest BCUT2D eigenvalue weighted by Gasteiger charge is -2.25. The Labute approximate surface area is 153 Å². The first-order valence-corrected chi connectivity index (χ1v) is 8.94. The number of fused-ring (bicyclic) bond motifs is 2. The summed E-state index contributed by atoms with van der Waals surface area (Å²) in [6, 6.07) is 11.4. The van der Waals surface area contributed by atoms with Gasteiger partial charge in [-0.05, 0) is 12.1 Å². The summed E-state index contributed by atoms with van der Waals surface area (Å²) in [5.74, 6) is -0.0997. The molecule has 1 aliphatic heterocycles. The first kappa shape index (κ1) is 16.5. The van der Waals surface area contributed by atoms with E-state index in [1.54, 1.807) is 11.0 Å². The fraction of sp³-hybridized carbons (Fsp3) is 0.222. The van der Waals surface area contributed by atoms with Gasteiger partial charge in [0.1, 0.15) is 5.69 Å². The number of carbonyl (C=O) groups excluding carboxylic acids is 2.